The van der Waals surface area contributed by atoms with Gasteiger partial charge < -0.3 is 10.5 Å². The van der Waals surface area contributed by atoms with Crippen LogP contribution in [0.5, 0.6) is 0 Å². The van der Waals surface area contributed by atoms with Gasteiger partial charge in [-0.3, -0.25) is 0 Å². The molecular formula is C6H7BrN2O2S. The van der Waals surface area contributed by atoms with E-state index in [2.05, 4.69) is 25.7 Å². The van der Waals surface area contributed by atoms with Crippen molar-refractivity contribution in [3.63, 3.8) is 0 Å². The first kappa shape index (κ1) is 9.63. The van der Waals surface area contributed by atoms with Crippen molar-refractivity contribution >= 4 is 33.2 Å². The van der Waals surface area contributed by atoms with Crippen molar-refractivity contribution in [2.75, 3.05) is 7.11 Å². The normalized spacial score (nSPS) is 12.6. The molecule has 2 N–H and O–H groups in total. The van der Waals surface area contributed by atoms with E-state index in [-0.39, 0.29) is 0 Å². The van der Waals surface area contributed by atoms with Crippen LogP contribution in [-0.4, -0.2) is 18.1 Å². The maximum atomic E-state index is 10.9. The highest BCUT2D eigenvalue weighted by Crippen LogP contribution is 2.23. The molecule has 0 saturated heterocycles. The van der Waals surface area contributed by atoms with Crippen molar-refractivity contribution in [3.05, 3.63) is 15.0 Å². The fourth-order valence-electron chi connectivity index (χ4n) is 0.639. The Morgan fingerprint density at radius 3 is 3.00 bits per heavy atom. The maximum Gasteiger partial charge on any atom is 0.329 e. The summed E-state index contributed by atoms with van der Waals surface area (Å²) in [5, 5.41) is 0.550. The van der Waals surface area contributed by atoms with Gasteiger partial charge in [-0.05, 0) is 15.9 Å². The molecule has 0 amide bonds. The second-order valence-electron chi connectivity index (χ2n) is 2.00. The molecular weight excluding hydrogens is 244 g/mol. The standard InChI is InChI=1S/C6H7BrN2O2S/c1-11-6(10)4(8)5-9-2-3(7)12-5/h2,4H,8H2,1H3. The molecule has 0 aliphatic rings. The highest BCUT2D eigenvalue weighted by atomic mass is 79.9. The van der Waals surface area contributed by atoms with Gasteiger partial charge in [0.1, 0.15) is 5.01 Å². The Kier molecular flexibility index (Phi) is 3.19. The van der Waals surface area contributed by atoms with E-state index in [4.69, 9.17) is 5.73 Å². The maximum absolute atomic E-state index is 10.9. The van der Waals surface area contributed by atoms with Crippen LogP contribution in [0.15, 0.2) is 9.98 Å². The molecule has 1 aromatic rings. The van der Waals surface area contributed by atoms with Crippen LogP contribution < -0.4 is 5.73 Å². The number of carbonyl (C=O) groups is 1. The van der Waals surface area contributed by atoms with Crippen LogP contribution in [0.1, 0.15) is 11.0 Å². The molecule has 0 spiro atoms. The minimum Gasteiger partial charge on any atom is -0.468 e. The van der Waals surface area contributed by atoms with Crippen molar-refractivity contribution in [1.29, 1.82) is 0 Å². The van der Waals surface area contributed by atoms with Crippen LogP contribution in [0.3, 0.4) is 0 Å². The van der Waals surface area contributed by atoms with Gasteiger partial charge in [-0.2, -0.15) is 0 Å². The number of esters is 1. The summed E-state index contributed by atoms with van der Waals surface area (Å²) in [6, 6.07) is -0.772. The Hall–Kier alpha value is -0.460. The highest BCUT2D eigenvalue weighted by molar-refractivity contribution is 9.11. The smallest absolute Gasteiger partial charge is 0.329 e. The average Bonchev–Trinajstić information content (AvgIpc) is 2.49. The van der Waals surface area contributed by atoms with Gasteiger partial charge in [-0.1, -0.05) is 0 Å². The monoisotopic (exact) mass is 250 g/mol. The predicted octanol–water partition coefficient (Wildman–Crippen LogP) is 1.08. The first-order valence-electron chi connectivity index (χ1n) is 3.09. The zero-order valence-electron chi connectivity index (χ0n) is 6.28. The van der Waals surface area contributed by atoms with Crippen LogP contribution in [0.2, 0.25) is 0 Å². The molecule has 0 fully saturated rings. The number of rotatable bonds is 2. The molecule has 66 valence electrons. The van der Waals surface area contributed by atoms with E-state index in [1.54, 1.807) is 6.20 Å². The van der Waals surface area contributed by atoms with Crippen LogP contribution in [-0.2, 0) is 9.53 Å². The van der Waals surface area contributed by atoms with Gasteiger partial charge in [0.05, 0.1) is 17.1 Å². The number of thiazole rings is 1. The van der Waals surface area contributed by atoms with Gasteiger partial charge in [-0.15, -0.1) is 11.3 Å². The largest absolute Gasteiger partial charge is 0.468 e. The molecule has 1 heterocycles. The third-order valence-electron chi connectivity index (χ3n) is 1.22. The molecule has 1 unspecified atom stereocenters. The van der Waals surface area contributed by atoms with Crippen molar-refractivity contribution < 1.29 is 9.53 Å². The third-order valence-corrected chi connectivity index (χ3v) is 2.78. The van der Waals surface area contributed by atoms with Crippen molar-refractivity contribution in [2.45, 2.75) is 6.04 Å². The Morgan fingerprint density at radius 1 is 1.92 bits per heavy atom. The van der Waals surface area contributed by atoms with Gasteiger partial charge in [0, 0.05) is 0 Å². The molecule has 1 atom stereocenters. The number of hydrogen-bond donors (Lipinski definition) is 1. The molecule has 0 radical (unpaired) electrons. The number of halogens is 1. The Labute approximate surface area is 81.9 Å². The van der Waals surface area contributed by atoms with Crippen LogP contribution in [0.25, 0.3) is 0 Å². The fraction of sp³-hybridized carbons (Fsp3) is 0.333. The van der Waals surface area contributed by atoms with Gasteiger partial charge >= 0.3 is 5.97 Å². The summed E-state index contributed by atoms with van der Waals surface area (Å²) < 4.78 is 5.31. The number of nitrogens with two attached hydrogens (primary N) is 1. The van der Waals surface area contributed by atoms with Gasteiger partial charge in [-0.25, -0.2) is 9.78 Å². The Balaban J connectivity index is 2.77. The summed E-state index contributed by atoms with van der Waals surface area (Å²) in [5.41, 5.74) is 5.51. The molecule has 12 heavy (non-hydrogen) atoms. The summed E-state index contributed by atoms with van der Waals surface area (Å²) in [6.45, 7) is 0. The first-order chi connectivity index (χ1) is 5.65. The SMILES string of the molecule is COC(=O)C(N)c1ncc(Br)s1. The number of ether oxygens (including phenoxy) is 1. The van der Waals surface area contributed by atoms with E-state index in [9.17, 15) is 4.79 Å². The average molecular weight is 251 g/mol. The van der Waals surface area contributed by atoms with Crippen molar-refractivity contribution in [2.24, 2.45) is 5.73 Å². The highest BCUT2D eigenvalue weighted by Gasteiger charge is 2.19. The van der Waals surface area contributed by atoms with Crippen LogP contribution in [0, 0.1) is 0 Å². The van der Waals surface area contributed by atoms with Crippen molar-refractivity contribution in [3.8, 4) is 0 Å². The zero-order valence-corrected chi connectivity index (χ0v) is 8.68. The molecule has 0 bridgehead atoms. The summed E-state index contributed by atoms with van der Waals surface area (Å²) >= 11 is 4.54. The molecule has 1 rings (SSSR count). The molecule has 0 saturated carbocycles. The summed E-state index contributed by atoms with van der Waals surface area (Å²) in [7, 11) is 1.30. The topological polar surface area (TPSA) is 65.2 Å². The number of carbonyl (C=O) groups excluding carboxylic acids is 1. The van der Waals surface area contributed by atoms with Crippen LogP contribution in [0.4, 0.5) is 0 Å². The molecule has 0 aliphatic heterocycles. The number of nitrogens with zero attached hydrogens (tertiary/aromatic N) is 1. The summed E-state index contributed by atoms with van der Waals surface area (Å²) in [4.78, 5) is 14.9. The molecule has 4 nitrogen and oxygen atoms in total. The minimum absolute atomic E-state index is 0.475. The lowest BCUT2D eigenvalue weighted by molar-refractivity contribution is -0.142. The van der Waals surface area contributed by atoms with E-state index >= 15 is 0 Å². The predicted molar refractivity (Wildman–Crippen MR) is 48.8 cm³/mol. The molecule has 1 aromatic heterocycles. The van der Waals surface area contributed by atoms with E-state index in [1.807, 2.05) is 0 Å². The van der Waals surface area contributed by atoms with Gasteiger partial charge in [0.2, 0.25) is 0 Å². The lowest BCUT2D eigenvalue weighted by atomic mass is 10.3. The Bertz CT molecular complexity index is 289. The summed E-state index contributed by atoms with van der Waals surface area (Å²) in [5.74, 6) is -0.475. The number of methoxy groups -OCH3 is 1. The zero-order chi connectivity index (χ0) is 9.14. The fourth-order valence-corrected chi connectivity index (χ4v) is 1.87. The van der Waals surface area contributed by atoms with Crippen molar-refractivity contribution in [1.82, 2.24) is 4.98 Å². The second-order valence-corrected chi connectivity index (χ2v) is 4.44. The number of hydrogen-bond acceptors (Lipinski definition) is 5. The lowest BCUT2D eigenvalue weighted by Gasteiger charge is -2.03. The quantitative estimate of drug-likeness (QED) is 0.798. The Morgan fingerprint density at radius 2 is 2.58 bits per heavy atom. The molecule has 0 aromatic carbocycles. The third kappa shape index (κ3) is 2.02. The second kappa shape index (κ2) is 3.97. The van der Waals surface area contributed by atoms with Crippen LogP contribution >= 0.6 is 27.3 Å². The van der Waals surface area contributed by atoms with E-state index in [1.165, 1.54) is 18.4 Å². The van der Waals surface area contributed by atoms with Gasteiger partial charge in [0.25, 0.3) is 0 Å². The summed E-state index contributed by atoms with van der Waals surface area (Å²) in [6.07, 6.45) is 1.60. The van der Waals surface area contributed by atoms with E-state index in [0.29, 0.717) is 5.01 Å². The lowest BCUT2D eigenvalue weighted by Crippen LogP contribution is -2.22. The first-order valence-corrected chi connectivity index (χ1v) is 4.70. The number of aromatic nitrogens is 1. The molecule has 6 heteroatoms. The minimum atomic E-state index is -0.772. The molecule has 0 aliphatic carbocycles. The van der Waals surface area contributed by atoms with E-state index in [0.717, 1.165) is 3.79 Å². The van der Waals surface area contributed by atoms with E-state index < -0.39 is 12.0 Å². The van der Waals surface area contributed by atoms with Gasteiger partial charge in [0.15, 0.2) is 6.04 Å².